The summed E-state index contributed by atoms with van der Waals surface area (Å²) < 4.78 is 5.20. The van der Waals surface area contributed by atoms with Crippen molar-refractivity contribution >= 4 is 23.6 Å². The second-order valence-electron chi connectivity index (χ2n) is 8.92. The van der Waals surface area contributed by atoms with Crippen LogP contribution < -0.4 is 10.1 Å². The van der Waals surface area contributed by atoms with Crippen LogP contribution in [0.15, 0.2) is 36.4 Å². The quantitative estimate of drug-likeness (QED) is 0.305. The van der Waals surface area contributed by atoms with Crippen LogP contribution in [0.2, 0.25) is 0 Å². The van der Waals surface area contributed by atoms with Gasteiger partial charge in [0.05, 0.1) is 18.9 Å². The molecule has 0 bridgehead atoms. The second kappa shape index (κ2) is 11.8. The van der Waals surface area contributed by atoms with E-state index in [1.54, 1.807) is 26.2 Å². The molecule has 1 N–H and O–H groups in total. The minimum Gasteiger partial charge on any atom is -0.497 e. The number of ether oxygens (including phenoxy) is 1. The number of hydrogen-bond acceptors (Lipinski definition) is 5. The molecule has 0 radical (unpaired) electrons. The number of amides is 4. The van der Waals surface area contributed by atoms with E-state index in [0.717, 1.165) is 18.4 Å². The zero-order valence-electron chi connectivity index (χ0n) is 20.3. The molecule has 8 nitrogen and oxygen atoms in total. The Balaban J connectivity index is 1.69. The number of unbranched alkanes of at least 4 members (excludes halogenated alkanes) is 1. The summed E-state index contributed by atoms with van der Waals surface area (Å²) >= 11 is 0. The highest BCUT2D eigenvalue weighted by Gasteiger charge is 2.47. The van der Waals surface area contributed by atoms with Gasteiger partial charge in [-0.05, 0) is 43.9 Å². The summed E-state index contributed by atoms with van der Waals surface area (Å²) in [5.74, 6) is -0.812. The largest absolute Gasteiger partial charge is 0.497 e. The molecule has 3 rings (SSSR count). The number of nitrogens with zero attached hydrogens (tertiary/aromatic N) is 2. The van der Waals surface area contributed by atoms with Crippen molar-refractivity contribution in [3.63, 3.8) is 0 Å². The SMILES string of the molecule is CCCCNC(=O)[C@@H](C)N(Cc1ccc(OC)cc1)C(=O)CCN1C(=O)[C@H]2CC=CC[C@H]2C1=O. The fourth-order valence-corrected chi connectivity index (χ4v) is 4.49. The Morgan fingerprint density at radius 3 is 2.29 bits per heavy atom. The van der Waals surface area contributed by atoms with E-state index in [0.29, 0.717) is 25.1 Å². The highest BCUT2D eigenvalue weighted by Crippen LogP contribution is 2.35. The zero-order valence-corrected chi connectivity index (χ0v) is 20.3. The molecule has 0 saturated carbocycles. The smallest absolute Gasteiger partial charge is 0.242 e. The number of methoxy groups -OCH3 is 1. The standard InChI is InChI=1S/C26H35N3O5/c1-4-5-15-27-24(31)18(2)29(17-19-10-12-20(34-3)13-11-19)23(30)14-16-28-25(32)21-8-6-7-9-22(21)26(28)33/h6-7,10-13,18,21-22H,4-5,8-9,14-17H2,1-3H3,(H,27,31)/t18-,21-,22+/m1/s1. The number of fused-ring (bicyclic) bond motifs is 1. The molecule has 0 unspecified atom stereocenters. The topological polar surface area (TPSA) is 96.0 Å². The first-order valence-electron chi connectivity index (χ1n) is 12.1. The van der Waals surface area contributed by atoms with E-state index in [1.165, 1.54) is 9.80 Å². The molecule has 1 aromatic rings. The second-order valence-corrected chi connectivity index (χ2v) is 8.92. The maximum atomic E-state index is 13.3. The molecule has 34 heavy (non-hydrogen) atoms. The Morgan fingerprint density at radius 1 is 1.12 bits per heavy atom. The Bertz CT molecular complexity index is 901. The summed E-state index contributed by atoms with van der Waals surface area (Å²) in [4.78, 5) is 54.3. The van der Waals surface area contributed by atoms with Crippen molar-refractivity contribution in [2.24, 2.45) is 11.8 Å². The van der Waals surface area contributed by atoms with Crippen LogP contribution in [-0.4, -0.2) is 59.7 Å². The van der Waals surface area contributed by atoms with Crippen LogP contribution in [0.4, 0.5) is 0 Å². The van der Waals surface area contributed by atoms with Crippen molar-refractivity contribution in [3.8, 4) is 5.75 Å². The Labute approximate surface area is 201 Å². The minimum atomic E-state index is -0.691. The molecule has 1 aliphatic heterocycles. The monoisotopic (exact) mass is 469 g/mol. The van der Waals surface area contributed by atoms with Crippen LogP contribution in [0.5, 0.6) is 5.75 Å². The number of allylic oxidation sites excluding steroid dienone is 2. The van der Waals surface area contributed by atoms with Gasteiger partial charge >= 0.3 is 0 Å². The fraction of sp³-hybridized carbons (Fsp3) is 0.538. The van der Waals surface area contributed by atoms with E-state index in [9.17, 15) is 19.2 Å². The zero-order chi connectivity index (χ0) is 24.7. The van der Waals surface area contributed by atoms with Gasteiger partial charge in [0.2, 0.25) is 23.6 Å². The van der Waals surface area contributed by atoms with Gasteiger partial charge in [0, 0.05) is 26.1 Å². The lowest BCUT2D eigenvalue weighted by molar-refractivity contribution is -0.143. The van der Waals surface area contributed by atoms with Gasteiger partial charge in [0.1, 0.15) is 11.8 Å². The van der Waals surface area contributed by atoms with Crippen molar-refractivity contribution < 1.29 is 23.9 Å². The van der Waals surface area contributed by atoms with Gasteiger partial charge in [-0.2, -0.15) is 0 Å². The Kier molecular flexibility index (Phi) is 8.85. The molecular weight excluding hydrogens is 434 g/mol. The number of benzene rings is 1. The predicted octanol–water partition coefficient (Wildman–Crippen LogP) is 2.67. The summed E-state index contributed by atoms with van der Waals surface area (Å²) in [6.45, 7) is 4.57. The highest BCUT2D eigenvalue weighted by atomic mass is 16.5. The molecule has 1 fully saturated rings. The molecule has 4 amide bonds. The molecule has 1 heterocycles. The van der Waals surface area contributed by atoms with Crippen molar-refractivity contribution in [1.82, 2.24) is 15.1 Å². The van der Waals surface area contributed by atoms with E-state index in [4.69, 9.17) is 4.74 Å². The molecule has 1 saturated heterocycles. The van der Waals surface area contributed by atoms with Gasteiger partial charge in [0.15, 0.2) is 0 Å². The summed E-state index contributed by atoms with van der Waals surface area (Å²) in [6.07, 6.45) is 6.82. The maximum Gasteiger partial charge on any atom is 0.242 e. The molecule has 0 aromatic heterocycles. The van der Waals surface area contributed by atoms with E-state index < -0.39 is 6.04 Å². The number of carbonyl (C=O) groups excluding carboxylic acids is 4. The molecular formula is C26H35N3O5. The van der Waals surface area contributed by atoms with Crippen molar-refractivity contribution in [3.05, 3.63) is 42.0 Å². The fourth-order valence-electron chi connectivity index (χ4n) is 4.49. The van der Waals surface area contributed by atoms with Crippen molar-refractivity contribution in [1.29, 1.82) is 0 Å². The lowest BCUT2D eigenvalue weighted by Crippen LogP contribution is -2.48. The van der Waals surface area contributed by atoms with Crippen LogP contribution in [0.3, 0.4) is 0 Å². The van der Waals surface area contributed by atoms with Gasteiger partial charge in [-0.15, -0.1) is 0 Å². The van der Waals surface area contributed by atoms with Gasteiger partial charge in [-0.1, -0.05) is 37.6 Å². The first-order chi connectivity index (χ1) is 16.4. The number of likely N-dealkylation sites (tertiary alicyclic amines) is 1. The molecule has 184 valence electrons. The van der Waals surface area contributed by atoms with Gasteiger partial charge in [0.25, 0.3) is 0 Å². The van der Waals surface area contributed by atoms with E-state index >= 15 is 0 Å². The van der Waals surface area contributed by atoms with E-state index in [-0.39, 0.29) is 55.0 Å². The third-order valence-corrected chi connectivity index (χ3v) is 6.66. The molecule has 2 aliphatic rings. The van der Waals surface area contributed by atoms with Crippen molar-refractivity contribution in [2.75, 3.05) is 20.2 Å². The molecule has 1 aliphatic carbocycles. The van der Waals surface area contributed by atoms with Gasteiger partial charge < -0.3 is 15.0 Å². The van der Waals surface area contributed by atoms with E-state index in [1.807, 2.05) is 31.2 Å². The van der Waals surface area contributed by atoms with Gasteiger partial charge in [-0.25, -0.2) is 0 Å². The number of nitrogens with one attached hydrogen (secondary N) is 1. The van der Waals surface area contributed by atoms with Crippen LogP contribution in [0, 0.1) is 11.8 Å². The maximum absolute atomic E-state index is 13.3. The van der Waals surface area contributed by atoms with Gasteiger partial charge in [-0.3, -0.25) is 24.1 Å². The summed E-state index contributed by atoms with van der Waals surface area (Å²) in [5.41, 5.74) is 0.854. The number of rotatable bonds is 11. The average Bonchev–Trinajstić information content (AvgIpc) is 3.10. The minimum absolute atomic E-state index is 0.0208. The molecule has 3 atom stereocenters. The molecule has 1 aromatic carbocycles. The van der Waals surface area contributed by atoms with Crippen LogP contribution >= 0.6 is 0 Å². The van der Waals surface area contributed by atoms with Crippen LogP contribution in [0.1, 0.15) is 51.5 Å². The normalized spacial score (nSPS) is 20.1. The summed E-state index contributed by atoms with van der Waals surface area (Å²) in [7, 11) is 1.58. The van der Waals surface area contributed by atoms with Crippen molar-refractivity contribution in [2.45, 2.75) is 58.5 Å². The molecule has 8 heteroatoms. The Morgan fingerprint density at radius 2 is 1.74 bits per heavy atom. The molecule has 0 spiro atoms. The summed E-state index contributed by atoms with van der Waals surface area (Å²) in [6, 6.07) is 6.63. The predicted molar refractivity (Wildman–Crippen MR) is 128 cm³/mol. The third-order valence-electron chi connectivity index (χ3n) is 6.66. The van der Waals surface area contributed by atoms with Crippen LogP contribution in [0.25, 0.3) is 0 Å². The Hall–Kier alpha value is -3.16. The van der Waals surface area contributed by atoms with E-state index in [2.05, 4.69) is 5.32 Å². The summed E-state index contributed by atoms with van der Waals surface area (Å²) in [5, 5.41) is 2.89. The lowest BCUT2D eigenvalue weighted by Gasteiger charge is -2.29. The highest BCUT2D eigenvalue weighted by molar-refractivity contribution is 6.05. The van der Waals surface area contributed by atoms with Crippen LogP contribution in [-0.2, 0) is 25.7 Å². The third kappa shape index (κ3) is 5.85. The average molecular weight is 470 g/mol. The lowest BCUT2D eigenvalue weighted by atomic mass is 9.85. The first-order valence-corrected chi connectivity index (χ1v) is 12.1. The number of imide groups is 1. The number of carbonyl (C=O) groups is 4. The first kappa shape index (κ1) is 25.5. The number of hydrogen-bond donors (Lipinski definition) is 1.